The number of rotatable bonds is 4. The van der Waals surface area contributed by atoms with E-state index in [0.717, 1.165) is 19.4 Å². The average molecular weight is 283 g/mol. The highest BCUT2D eigenvalue weighted by Gasteiger charge is 2.16. The maximum atomic E-state index is 4.60. The largest absolute Gasteiger partial charge is 0.310 e. The van der Waals surface area contributed by atoms with Crippen molar-refractivity contribution in [2.24, 2.45) is 0 Å². The van der Waals surface area contributed by atoms with Crippen molar-refractivity contribution in [3.8, 4) is 5.69 Å². The number of fused-ring (bicyclic) bond motifs is 1. The number of benzene rings is 1. The van der Waals surface area contributed by atoms with E-state index in [0.29, 0.717) is 6.04 Å². The molecule has 1 aromatic heterocycles. The van der Waals surface area contributed by atoms with E-state index in [4.69, 9.17) is 0 Å². The molecule has 1 heterocycles. The molecule has 1 aromatic carbocycles. The number of hydrogen-bond acceptors (Lipinski definition) is 2. The highest BCUT2D eigenvalue weighted by Crippen LogP contribution is 2.24. The van der Waals surface area contributed by atoms with E-state index in [9.17, 15) is 0 Å². The van der Waals surface area contributed by atoms with E-state index < -0.39 is 0 Å². The van der Waals surface area contributed by atoms with Crippen LogP contribution in [0.4, 0.5) is 0 Å². The van der Waals surface area contributed by atoms with Gasteiger partial charge in [0.05, 0.1) is 12.0 Å². The first-order valence-corrected chi connectivity index (χ1v) is 8.03. The zero-order valence-electron chi connectivity index (χ0n) is 13.3. The zero-order valence-corrected chi connectivity index (χ0v) is 13.3. The lowest BCUT2D eigenvalue weighted by Crippen LogP contribution is -2.22. The van der Waals surface area contributed by atoms with Crippen LogP contribution < -0.4 is 5.32 Å². The third kappa shape index (κ3) is 3.03. The quantitative estimate of drug-likeness (QED) is 0.930. The van der Waals surface area contributed by atoms with Gasteiger partial charge in [-0.2, -0.15) is 0 Å². The Hall–Kier alpha value is -1.61. The highest BCUT2D eigenvalue weighted by molar-refractivity contribution is 5.42. The first-order valence-electron chi connectivity index (χ1n) is 8.03. The van der Waals surface area contributed by atoms with Gasteiger partial charge in [0.2, 0.25) is 0 Å². The number of nitrogens with one attached hydrogen (secondary N) is 1. The summed E-state index contributed by atoms with van der Waals surface area (Å²) in [6.07, 6.45) is 6.86. The second-order valence-corrected chi connectivity index (χ2v) is 6.36. The fourth-order valence-electron chi connectivity index (χ4n) is 3.03. The van der Waals surface area contributed by atoms with Gasteiger partial charge in [-0.05, 0) is 55.9 Å². The molecule has 0 amide bonds. The Labute approximate surface area is 127 Å². The van der Waals surface area contributed by atoms with Gasteiger partial charge in [-0.25, -0.2) is 4.98 Å². The lowest BCUT2D eigenvalue weighted by Gasteiger charge is -2.16. The van der Waals surface area contributed by atoms with E-state index in [1.54, 1.807) is 0 Å². The lowest BCUT2D eigenvalue weighted by molar-refractivity contribution is 0.587. The van der Waals surface area contributed by atoms with Crippen LogP contribution in [0.3, 0.4) is 0 Å². The van der Waals surface area contributed by atoms with Crippen LogP contribution in [0.25, 0.3) is 5.69 Å². The maximum absolute atomic E-state index is 4.60. The van der Waals surface area contributed by atoms with Gasteiger partial charge in [0.15, 0.2) is 0 Å². The van der Waals surface area contributed by atoms with E-state index in [2.05, 4.69) is 53.8 Å². The van der Waals surface area contributed by atoms with Crippen molar-refractivity contribution in [2.45, 2.75) is 59.0 Å². The number of aromatic nitrogens is 2. The van der Waals surface area contributed by atoms with Gasteiger partial charge in [-0.3, -0.25) is 0 Å². The summed E-state index contributed by atoms with van der Waals surface area (Å²) < 4.78 is 2.28. The molecule has 3 rings (SSSR count). The van der Waals surface area contributed by atoms with Crippen LogP contribution in [0, 0.1) is 6.92 Å². The number of hydrogen-bond donors (Lipinski definition) is 1. The summed E-state index contributed by atoms with van der Waals surface area (Å²) >= 11 is 0. The molecule has 0 saturated heterocycles. The van der Waals surface area contributed by atoms with Crippen molar-refractivity contribution in [3.05, 3.63) is 47.0 Å². The summed E-state index contributed by atoms with van der Waals surface area (Å²) in [5.41, 5.74) is 6.68. The summed E-state index contributed by atoms with van der Waals surface area (Å²) in [4.78, 5) is 4.60. The normalized spacial score (nSPS) is 14.5. The van der Waals surface area contributed by atoms with Crippen molar-refractivity contribution in [1.82, 2.24) is 14.9 Å². The molecular formula is C18H25N3. The van der Waals surface area contributed by atoms with Crippen LogP contribution in [-0.2, 0) is 19.4 Å². The third-order valence-corrected chi connectivity index (χ3v) is 4.34. The predicted octanol–water partition coefficient (Wildman–Crippen LogP) is 3.56. The average Bonchev–Trinajstić information content (AvgIpc) is 2.89. The van der Waals surface area contributed by atoms with Crippen molar-refractivity contribution < 1.29 is 0 Å². The molecule has 0 atom stereocenters. The second-order valence-electron chi connectivity index (χ2n) is 6.36. The summed E-state index contributed by atoms with van der Waals surface area (Å²) in [6, 6.07) is 7.27. The monoisotopic (exact) mass is 283 g/mol. The van der Waals surface area contributed by atoms with Gasteiger partial charge in [0.25, 0.3) is 0 Å². The van der Waals surface area contributed by atoms with Crippen molar-refractivity contribution >= 4 is 0 Å². The van der Waals surface area contributed by atoms with Crippen LogP contribution in [0.15, 0.2) is 24.5 Å². The van der Waals surface area contributed by atoms with Gasteiger partial charge in [0.1, 0.15) is 0 Å². The molecule has 0 aliphatic heterocycles. The molecule has 0 bridgehead atoms. The molecule has 0 fully saturated rings. The fraction of sp³-hybridized carbons (Fsp3) is 0.500. The van der Waals surface area contributed by atoms with Crippen LogP contribution in [-0.4, -0.2) is 15.6 Å². The Morgan fingerprint density at radius 1 is 1.24 bits per heavy atom. The van der Waals surface area contributed by atoms with Crippen LogP contribution >= 0.6 is 0 Å². The highest BCUT2D eigenvalue weighted by atomic mass is 15.1. The molecule has 3 heteroatoms. The smallest absolute Gasteiger partial charge is 0.0997 e. The molecule has 0 unspecified atom stereocenters. The van der Waals surface area contributed by atoms with E-state index in [1.165, 1.54) is 41.0 Å². The zero-order chi connectivity index (χ0) is 14.8. The standard InChI is InChI=1S/C18H25N3/c1-13(2)19-11-15-8-9-16(10-14(15)3)21-12-20-17-6-4-5-7-18(17)21/h8-10,12-13,19H,4-7,11H2,1-3H3. The van der Waals surface area contributed by atoms with Crippen molar-refractivity contribution in [3.63, 3.8) is 0 Å². The summed E-state index contributed by atoms with van der Waals surface area (Å²) in [5.74, 6) is 0. The Kier molecular flexibility index (Phi) is 4.11. The molecule has 0 spiro atoms. The number of imidazole rings is 1. The molecule has 0 radical (unpaired) electrons. The first-order chi connectivity index (χ1) is 10.1. The molecule has 0 saturated carbocycles. The minimum absolute atomic E-state index is 0.518. The second kappa shape index (κ2) is 6.02. The van der Waals surface area contributed by atoms with Crippen molar-refractivity contribution in [1.29, 1.82) is 0 Å². The number of nitrogens with zero attached hydrogens (tertiary/aromatic N) is 2. The van der Waals surface area contributed by atoms with E-state index >= 15 is 0 Å². The van der Waals surface area contributed by atoms with Gasteiger partial charge in [0, 0.05) is 24.0 Å². The molecule has 21 heavy (non-hydrogen) atoms. The van der Waals surface area contributed by atoms with Crippen LogP contribution in [0.2, 0.25) is 0 Å². The van der Waals surface area contributed by atoms with E-state index in [1.807, 2.05) is 6.33 Å². The maximum Gasteiger partial charge on any atom is 0.0997 e. The molecule has 2 aromatic rings. The predicted molar refractivity (Wildman–Crippen MR) is 86.9 cm³/mol. The fourth-order valence-corrected chi connectivity index (χ4v) is 3.03. The molecule has 1 N–H and O–H groups in total. The topological polar surface area (TPSA) is 29.9 Å². The molecule has 1 aliphatic rings. The summed E-state index contributed by atoms with van der Waals surface area (Å²) in [5, 5.41) is 3.49. The first kappa shape index (κ1) is 14.3. The summed E-state index contributed by atoms with van der Waals surface area (Å²) in [6.45, 7) is 7.50. The van der Waals surface area contributed by atoms with Gasteiger partial charge < -0.3 is 9.88 Å². The Morgan fingerprint density at radius 2 is 2.05 bits per heavy atom. The molecule has 1 aliphatic carbocycles. The van der Waals surface area contributed by atoms with Gasteiger partial charge in [-0.15, -0.1) is 0 Å². The van der Waals surface area contributed by atoms with Gasteiger partial charge in [-0.1, -0.05) is 19.9 Å². The van der Waals surface area contributed by atoms with E-state index in [-0.39, 0.29) is 0 Å². The van der Waals surface area contributed by atoms with Crippen molar-refractivity contribution in [2.75, 3.05) is 0 Å². The Balaban J connectivity index is 1.86. The molecule has 3 nitrogen and oxygen atoms in total. The minimum atomic E-state index is 0.518. The minimum Gasteiger partial charge on any atom is -0.310 e. The Morgan fingerprint density at radius 3 is 2.81 bits per heavy atom. The molecule has 112 valence electrons. The number of aryl methyl sites for hydroxylation is 2. The lowest BCUT2D eigenvalue weighted by atomic mass is 10.0. The molecular weight excluding hydrogens is 258 g/mol. The SMILES string of the molecule is Cc1cc(-n2cnc3c2CCCC3)ccc1CNC(C)C. The Bertz CT molecular complexity index is 625. The third-order valence-electron chi connectivity index (χ3n) is 4.34. The van der Waals surface area contributed by atoms with Crippen LogP contribution in [0.5, 0.6) is 0 Å². The van der Waals surface area contributed by atoms with Gasteiger partial charge >= 0.3 is 0 Å². The van der Waals surface area contributed by atoms with Crippen LogP contribution in [0.1, 0.15) is 49.2 Å². The summed E-state index contributed by atoms with van der Waals surface area (Å²) in [7, 11) is 0.